The summed E-state index contributed by atoms with van der Waals surface area (Å²) in [7, 11) is 0. The van der Waals surface area contributed by atoms with Crippen LogP contribution in [-0.2, 0) is 4.74 Å². The molecule has 1 aromatic carbocycles. The molecule has 1 aliphatic heterocycles. The Morgan fingerprint density at radius 2 is 1.84 bits per heavy atom. The summed E-state index contributed by atoms with van der Waals surface area (Å²) in [5.74, 6) is 0.267. The van der Waals surface area contributed by atoms with Crippen LogP contribution in [0.1, 0.15) is 0 Å². The number of hydrogen-bond acceptors (Lipinski definition) is 7. The summed E-state index contributed by atoms with van der Waals surface area (Å²) in [6.45, 7) is -0.518. The number of aliphatic hydroxyl groups is 4. The van der Waals surface area contributed by atoms with Crippen LogP contribution in [0.4, 0.5) is 5.69 Å². The Morgan fingerprint density at radius 3 is 2.47 bits per heavy atom. The first-order chi connectivity index (χ1) is 9.04. The highest BCUT2D eigenvalue weighted by atomic mass is 16.7. The molecule has 0 aliphatic carbocycles. The van der Waals surface area contributed by atoms with Crippen LogP contribution in [-0.4, -0.2) is 57.7 Å². The molecule has 19 heavy (non-hydrogen) atoms. The van der Waals surface area contributed by atoms with Gasteiger partial charge in [-0.3, -0.25) is 0 Å². The summed E-state index contributed by atoms with van der Waals surface area (Å²) in [6, 6.07) is 6.56. The molecule has 0 aromatic heterocycles. The van der Waals surface area contributed by atoms with E-state index in [1.807, 2.05) is 0 Å². The van der Waals surface area contributed by atoms with E-state index in [0.29, 0.717) is 5.69 Å². The molecule has 1 aromatic rings. The quantitative estimate of drug-likeness (QED) is 0.421. The molecule has 1 aliphatic rings. The lowest BCUT2D eigenvalue weighted by atomic mass is 9.99. The van der Waals surface area contributed by atoms with Gasteiger partial charge in [-0.15, -0.1) is 0 Å². The van der Waals surface area contributed by atoms with Crippen molar-refractivity contribution in [3.05, 3.63) is 24.3 Å². The molecule has 1 heterocycles. The van der Waals surface area contributed by atoms with Crippen molar-refractivity contribution in [3.63, 3.8) is 0 Å². The standard InChI is InChI=1S/C12H17NO6/c13-6-3-1-2-4-7(6)18-11-10(16)9(15)8(5-14)19-12(11)17/h1-4,8-12,14-17H,5,13H2/t8-,9+,10+,11-,12+/m1/s1. The Morgan fingerprint density at radius 1 is 1.16 bits per heavy atom. The molecule has 0 saturated carbocycles. The van der Waals surface area contributed by atoms with Crippen LogP contribution in [0, 0.1) is 0 Å². The van der Waals surface area contributed by atoms with E-state index in [1.54, 1.807) is 24.3 Å². The van der Waals surface area contributed by atoms with E-state index in [-0.39, 0.29) is 5.75 Å². The first kappa shape index (κ1) is 14.0. The fourth-order valence-electron chi connectivity index (χ4n) is 1.93. The molecule has 6 N–H and O–H groups in total. The van der Waals surface area contributed by atoms with Gasteiger partial charge in [-0.25, -0.2) is 0 Å². The van der Waals surface area contributed by atoms with E-state index < -0.39 is 37.3 Å². The fourth-order valence-corrected chi connectivity index (χ4v) is 1.93. The second-order valence-electron chi connectivity index (χ2n) is 4.35. The number of rotatable bonds is 3. The third-order valence-electron chi connectivity index (χ3n) is 3.02. The summed E-state index contributed by atoms with van der Waals surface area (Å²) in [5.41, 5.74) is 6.02. The summed E-state index contributed by atoms with van der Waals surface area (Å²) in [4.78, 5) is 0. The number of nitrogens with two attached hydrogens (primary N) is 1. The monoisotopic (exact) mass is 271 g/mol. The van der Waals surface area contributed by atoms with Gasteiger partial charge in [-0.2, -0.15) is 0 Å². The Bertz CT molecular complexity index is 428. The lowest BCUT2D eigenvalue weighted by Gasteiger charge is -2.39. The number of para-hydroxylation sites is 2. The molecule has 2 rings (SSSR count). The zero-order valence-electron chi connectivity index (χ0n) is 10.1. The van der Waals surface area contributed by atoms with E-state index in [1.165, 1.54) is 0 Å². The van der Waals surface area contributed by atoms with Crippen molar-refractivity contribution in [1.82, 2.24) is 0 Å². The van der Waals surface area contributed by atoms with E-state index in [2.05, 4.69) is 0 Å². The molecule has 0 unspecified atom stereocenters. The van der Waals surface area contributed by atoms with Crippen LogP contribution in [0.2, 0.25) is 0 Å². The van der Waals surface area contributed by atoms with Crippen molar-refractivity contribution < 1.29 is 29.9 Å². The van der Waals surface area contributed by atoms with Gasteiger partial charge in [0.1, 0.15) is 24.1 Å². The highest BCUT2D eigenvalue weighted by Crippen LogP contribution is 2.27. The van der Waals surface area contributed by atoms with E-state index >= 15 is 0 Å². The molecular formula is C12H17NO6. The molecule has 0 bridgehead atoms. The maximum absolute atomic E-state index is 9.89. The maximum atomic E-state index is 9.89. The molecule has 7 nitrogen and oxygen atoms in total. The summed E-state index contributed by atoms with van der Waals surface area (Å²) in [6.07, 6.45) is -6.49. The second kappa shape index (κ2) is 5.72. The Labute approximate surface area is 109 Å². The van der Waals surface area contributed by atoms with Gasteiger partial charge in [0.15, 0.2) is 12.4 Å². The Balaban J connectivity index is 2.14. The minimum atomic E-state index is -1.48. The highest BCUT2D eigenvalue weighted by molar-refractivity contribution is 5.51. The minimum Gasteiger partial charge on any atom is -0.480 e. The Kier molecular flexibility index (Phi) is 4.23. The zero-order valence-corrected chi connectivity index (χ0v) is 10.1. The summed E-state index contributed by atoms with van der Waals surface area (Å²) in [5, 5.41) is 38.3. The lowest BCUT2D eigenvalue weighted by molar-refractivity contribution is -0.280. The van der Waals surface area contributed by atoms with Gasteiger partial charge < -0.3 is 35.6 Å². The number of ether oxygens (including phenoxy) is 2. The zero-order chi connectivity index (χ0) is 14.0. The molecule has 5 atom stereocenters. The van der Waals surface area contributed by atoms with Crippen molar-refractivity contribution >= 4 is 5.69 Å². The molecule has 1 fully saturated rings. The smallest absolute Gasteiger partial charge is 0.195 e. The third-order valence-corrected chi connectivity index (χ3v) is 3.02. The van der Waals surface area contributed by atoms with Gasteiger partial charge in [0.2, 0.25) is 0 Å². The first-order valence-electron chi connectivity index (χ1n) is 5.86. The average molecular weight is 271 g/mol. The third kappa shape index (κ3) is 2.80. The normalized spacial score (nSPS) is 35.1. The van der Waals surface area contributed by atoms with Crippen LogP contribution < -0.4 is 10.5 Å². The van der Waals surface area contributed by atoms with Gasteiger partial charge in [-0.1, -0.05) is 12.1 Å². The van der Waals surface area contributed by atoms with Crippen LogP contribution in [0.5, 0.6) is 5.75 Å². The van der Waals surface area contributed by atoms with Crippen LogP contribution in [0.15, 0.2) is 24.3 Å². The van der Waals surface area contributed by atoms with Crippen molar-refractivity contribution in [1.29, 1.82) is 0 Å². The van der Waals surface area contributed by atoms with E-state index in [0.717, 1.165) is 0 Å². The molecule has 106 valence electrons. The van der Waals surface area contributed by atoms with Crippen LogP contribution in [0.3, 0.4) is 0 Å². The number of hydrogen-bond donors (Lipinski definition) is 5. The predicted octanol–water partition coefficient (Wildman–Crippen LogP) is -1.55. The van der Waals surface area contributed by atoms with Crippen molar-refractivity contribution in [3.8, 4) is 5.75 Å². The summed E-state index contributed by atoms with van der Waals surface area (Å²) < 4.78 is 10.4. The summed E-state index contributed by atoms with van der Waals surface area (Å²) >= 11 is 0. The molecule has 0 spiro atoms. The van der Waals surface area contributed by atoms with Gasteiger partial charge in [0, 0.05) is 0 Å². The topological polar surface area (TPSA) is 125 Å². The molecule has 0 amide bonds. The van der Waals surface area contributed by atoms with Crippen LogP contribution >= 0.6 is 0 Å². The predicted molar refractivity (Wildman–Crippen MR) is 65.2 cm³/mol. The van der Waals surface area contributed by atoms with Crippen molar-refractivity contribution in [2.45, 2.75) is 30.7 Å². The minimum absolute atomic E-state index is 0.267. The highest BCUT2D eigenvalue weighted by Gasteiger charge is 2.45. The number of aliphatic hydroxyl groups excluding tert-OH is 4. The Hall–Kier alpha value is -1.38. The molecular weight excluding hydrogens is 254 g/mol. The number of benzene rings is 1. The van der Waals surface area contributed by atoms with Gasteiger partial charge in [0.05, 0.1) is 12.3 Å². The number of anilines is 1. The van der Waals surface area contributed by atoms with Crippen molar-refractivity contribution in [2.24, 2.45) is 0 Å². The molecule has 0 radical (unpaired) electrons. The van der Waals surface area contributed by atoms with Crippen molar-refractivity contribution in [2.75, 3.05) is 12.3 Å². The van der Waals surface area contributed by atoms with Gasteiger partial charge >= 0.3 is 0 Å². The van der Waals surface area contributed by atoms with Crippen LogP contribution in [0.25, 0.3) is 0 Å². The first-order valence-corrected chi connectivity index (χ1v) is 5.86. The molecule has 1 saturated heterocycles. The second-order valence-corrected chi connectivity index (χ2v) is 4.35. The van der Waals surface area contributed by atoms with E-state index in [9.17, 15) is 15.3 Å². The maximum Gasteiger partial charge on any atom is 0.195 e. The number of nitrogen functional groups attached to an aromatic ring is 1. The lowest BCUT2D eigenvalue weighted by Crippen LogP contribution is -2.60. The largest absolute Gasteiger partial charge is 0.480 e. The average Bonchev–Trinajstić information content (AvgIpc) is 2.41. The fraction of sp³-hybridized carbons (Fsp3) is 0.500. The van der Waals surface area contributed by atoms with E-state index in [4.69, 9.17) is 20.3 Å². The van der Waals surface area contributed by atoms with Gasteiger partial charge in [0.25, 0.3) is 0 Å². The van der Waals surface area contributed by atoms with Gasteiger partial charge in [-0.05, 0) is 12.1 Å². The molecule has 7 heteroatoms. The SMILES string of the molecule is Nc1ccccc1O[C@@H]1[C@@H](O)[C@@H](O)[C@@H](CO)O[C@@H]1O.